The molecule has 0 N–H and O–H groups in total. The van der Waals surface area contributed by atoms with Crippen LogP contribution in [0, 0.1) is 5.82 Å². The van der Waals surface area contributed by atoms with Crippen molar-refractivity contribution in [2.75, 3.05) is 11.9 Å². The molecule has 0 aliphatic heterocycles. The van der Waals surface area contributed by atoms with Crippen LogP contribution < -0.4 is 4.90 Å². The highest BCUT2D eigenvalue weighted by molar-refractivity contribution is 5.85. The number of nitrogens with zero attached hydrogens (tertiary/aromatic N) is 1. The van der Waals surface area contributed by atoms with Crippen molar-refractivity contribution >= 4 is 12.0 Å². The van der Waals surface area contributed by atoms with Crippen LogP contribution >= 0.6 is 0 Å². The molecule has 0 spiro atoms. The SMILES string of the molecule is CCC(C)N(C)c1cccc(F)c1C=O. The third-order valence-electron chi connectivity index (χ3n) is 2.78. The highest BCUT2D eigenvalue weighted by atomic mass is 19.1. The zero-order valence-electron chi connectivity index (χ0n) is 9.33. The molecule has 0 bridgehead atoms. The molecule has 15 heavy (non-hydrogen) atoms. The zero-order valence-corrected chi connectivity index (χ0v) is 9.33. The molecule has 1 aromatic rings. The Bertz CT molecular complexity index is 351. The van der Waals surface area contributed by atoms with Crippen LogP contribution in [0.5, 0.6) is 0 Å². The van der Waals surface area contributed by atoms with E-state index in [4.69, 9.17) is 0 Å². The average molecular weight is 209 g/mol. The molecule has 0 saturated heterocycles. The molecule has 1 rings (SSSR count). The molecule has 1 aromatic carbocycles. The zero-order chi connectivity index (χ0) is 11.4. The Labute approximate surface area is 89.7 Å². The van der Waals surface area contributed by atoms with Crippen LogP contribution in [0.15, 0.2) is 18.2 Å². The first-order valence-corrected chi connectivity index (χ1v) is 5.08. The lowest BCUT2D eigenvalue weighted by Crippen LogP contribution is -2.29. The molecule has 1 atom stereocenters. The lowest BCUT2D eigenvalue weighted by Gasteiger charge is -2.27. The van der Waals surface area contributed by atoms with Gasteiger partial charge in [-0.1, -0.05) is 13.0 Å². The molecule has 0 aliphatic rings. The number of hydrogen-bond acceptors (Lipinski definition) is 2. The molecule has 82 valence electrons. The fourth-order valence-electron chi connectivity index (χ4n) is 1.46. The maximum Gasteiger partial charge on any atom is 0.155 e. The Balaban J connectivity index is 3.13. The highest BCUT2D eigenvalue weighted by Gasteiger charge is 2.14. The van der Waals surface area contributed by atoms with E-state index in [2.05, 4.69) is 6.92 Å². The van der Waals surface area contributed by atoms with Crippen LogP contribution in [0.3, 0.4) is 0 Å². The summed E-state index contributed by atoms with van der Waals surface area (Å²) in [7, 11) is 1.87. The summed E-state index contributed by atoms with van der Waals surface area (Å²) in [5, 5.41) is 0. The molecule has 0 heterocycles. The quantitative estimate of drug-likeness (QED) is 0.711. The molecule has 0 radical (unpaired) electrons. The fourth-order valence-corrected chi connectivity index (χ4v) is 1.46. The van der Waals surface area contributed by atoms with E-state index in [9.17, 15) is 9.18 Å². The number of benzene rings is 1. The van der Waals surface area contributed by atoms with Gasteiger partial charge in [-0.3, -0.25) is 4.79 Å². The van der Waals surface area contributed by atoms with Gasteiger partial charge in [0, 0.05) is 13.1 Å². The molecule has 0 fully saturated rings. The van der Waals surface area contributed by atoms with E-state index in [1.54, 1.807) is 12.1 Å². The Morgan fingerprint density at radius 2 is 2.20 bits per heavy atom. The van der Waals surface area contributed by atoms with Gasteiger partial charge in [-0.25, -0.2) is 4.39 Å². The van der Waals surface area contributed by atoms with E-state index in [1.165, 1.54) is 6.07 Å². The maximum atomic E-state index is 13.3. The molecule has 2 nitrogen and oxygen atoms in total. The van der Waals surface area contributed by atoms with E-state index in [1.807, 2.05) is 18.9 Å². The number of aldehydes is 1. The van der Waals surface area contributed by atoms with Crippen molar-refractivity contribution in [3.8, 4) is 0 Å². The highest BCUT2D eigenvalue weighted by Crippen LogP contribution is 2.22. The Morgan fingerprint density at radius 3 is 2.73 bits per heavy atom. The summed E-state index contributed by atoms with van der Waals surface area (Å²) in [5.41, 5.74) is 0.791. The predicted molar refractivity (Wildman–Crippen MR) is 59.9 cm³/mol. The number of hydrogen-bond donors (Lipinski definition) is 0. The molecule has 1 unspecified atom stereocenters. The van der Waals surface area contributed by atoms with Gasteiger partial charge in [-0.15, -0.1) is 0 Å². The summed E-state index contributed by atoms with van der Waals surface area (Å²) in [6.07, 6.45) is 1.52. The van der Waals surface area contributed by atoms with Crippen LogP contribution in [0.2, 0.25) is 0 Å². The summed E-state index contributed by atoms with van der Waals surface area (Å²) >= 11 is 0. The van der Waals surface area contributed by atoms with Gasteiger partial charge in [-0.05, 0) is 25.5 Å². The summed E-state index contributed by atoms with van der Waals surface area (Å²) < 4.78 is 13.3. The monoisotopic (exact) mass is 209 g/mol. The number of rotatable bonds is 4. The van der Waals surface area contributed by atoms with Crippen molar-refractivity contribution in [2.45, 2.75) is 26.3 Å². The van der Waals surface area contributed by atoms with Gasteiger partial charge in [-0.2, -0.15) is 0 Å². The normalized spacial score (nSPS) is 12.3. The fraction of sp³-hybridized carbons (Fsp3) is 0.417. The number of carbonyl (C=O) groups excluding carboxylic acids is 1. The van der Waals surface area contributed by atoms with Crippen LogP contribution in [-0.2, 0) is 0 Å². The average Bonchev–Trinajstić information content (AvgIpc) is 2.26. The number of anilines is 1. The van der Waals surface area contributed by atoms with Gasteiger partial charge < -0.3 is 4.90 Å². The van der Waals surface area contributed by atoms with Crippen molar-refractivity contribution in [1.29, 1.82) is 0 Å². The van der Waals surface area contributed by atoms with E-state index in [0.29, 0.717) is 12.0 Å². The number of carbonyl (C=O) groups is 1. The lowest BCUT2D eigenvalue weighted by atomic mass is 10.1. The van der Waals surface area contributed by atoms with Crippen molar-refractivity contribution in [2.24, 2.45) is 0 Å². The summed E-state index contributed by atoms with van der Waals surface area (Å²) in [6.45, 7) is 4.10. The third kappa shape index (κ3) is 2.35. The first kappa shape index (κ1) is 11.7. The van der Waals surface area contributed by atoms with Gasteiger partial charge in [0.1, 0.15) is 5.82 Å². The largest absolute Gasteiger partial charge is 0.371 e. The van der Waals surface area contributed by atoms with Crippen molar-refractivity contribution < 1.29 is 9.18 Å². The second-order valence-corrected chi connectivity index (χ2v) is 3.66. The predicted octanol–water partition coefficient (Wildman–Crippen LogP) is 2.87. The first-order valence-electron chi connectivity index (χ1n) is 5.08. The van der Waals surface area contributed by atoms with Crippen molar-refractivity contribution in [3.63, 3.8) is 0 Å². The standard InChI is InChI=1S/C12H16FNO/c1-4-9(2)14(3)12-7-5-6-11(13)10(12)8-15/h5-9H,4H2,1-3H3. The summed E-state index contributed by atoms with van der Waals surface area (Å²) in [4.78, 5) is 12.7. The molecule has 0 amide bonds. The van der Waals surface area contributed by atoms with E-state index in [0.717, 1.165) is 6.42 Å². The minimum atomic E-state index is -0.461. The maximum absolute atomic E-state index is 13.3. The molecule has 0 aliphatic carbocycles. The molecule has 0 aromatic heterocycles. The van der Waals surface area contributed by atoms with Crippen molar-refractivity contribution in [3.05, 3.63) is 29.6 Å². The van der Waals surface area contributed by atoms with Crippen LogP contribution in [0.1, 0.15) is 30.6 Å². The van der Waals surface area contributed by atoms with E-state index < -0.39 is 5.82 Å². The van der Waals surface area contributed by atoms with E-state index in [-0.39, 0.29) is 11.6 Å². The van der Waals surface area contributed by atoms with E-state index >= 15 is 0 Å². The smallest absolute Gasteiger partial charge is 0.155 e. The molecular formula is C12H16FNO. The Hall–Kier alpha value is -1.38. The van der Waals surface area contributed by atoms with Crippen LogP contribution in [0.25, 0.3) is 0 Å². The van der Waals surface area contributed by atoms with Crippen LogP contribution in [-0.4, -0.2) is 19.4 Å². The van der Waals surface area contributed by atoms with Gasteiger partial charge in [0.05, 0.1) is 11.3 Å². The van der Waals surface area contributed by atoms with Gasteiger partial charge in [0.15, 0.2) is 6.29 Å². The van der Waals surface area contributed by atoms with Gasteiger partial charge in [0.25, 0.3) is 0 Å². The van der Waals surface area contributed by atoms with Crippen molar-refractivity contribution in [1.82, 2.24) is 0 Å². The Kier molecular flexibility index (Phi) is 3.83. The first-order chi connectivity index (χ1) is 7.11. The topological polar surface area (TPSA) is 20.3 Å². The third-order valence-corrected chi connectivity index (χ3v) is 2.78. The van der Waals surface area contributed by atoms with Crippen LogP contribution in [0.4, 0.5) is 10.1 Å². The molecule has 3 heteroatoms. The molecular weight excluding hydrogens is 193 g/mol. The minimum absolute atomic E-state index is 0.139. The molecule has 0 saturated carbocycles. The van der Waals surface area contributed by atoms with Gasteiger partial charge in [0.2, 0.25) is 0 Å². The van der Waals surface area contributed by atoms with Gasteiger partial charge >= 0.3 is 0 Å². The second kappa shape index (κ2) is 4.91. The second-order valence-electron chi connectivity index (χ2n) is 3.66. The number of halogens is 1. The summed E-state index contributed by atoms with van der Waals surface area (Å²) in [6, 6.07) is 4.97. The lowest BCUT2D eigenvalue weighted by molar-refractivity contribution is 0.112. The Morgan fingerprint density at radius 1 is 1.53 bits per heavy atom. The minimum Gasteiger partial charge on any atom is -0.371 e. The summed E-state index contributed by atoms with van der Waals surface area (Å²) in [5.74, 6) is -0.461.